The first kappa shape index (κ1) is 21.0. The molecule has 2 aromatic rings. The lowest BCUT2D eigenvalue weighted by Gasteiger charge is -2.13. The molecule has 7 heteroatoms. The molecule has 0 aliphatic rings. The van der Waals surface area contributed by atoms with Gasteiger partial charge in [0.15, 0.2) is 5.96 Å². The summed E-state index contributed by atoms with van der Waals surface area (Å²) in [6.45, 7) is 4.00. The van der Waals surface area contributed by atoms with Crippen LogP contribution in [0.25, 0.3) is 0 Å². The molecule has 2 N–H and O–H groups in total. The zero-order chi connectivity index (χ0) is 17.2. The molecule has 0 aliphatic carbocycles. The van der Waals surface area contributed by atoms with E-state index in [1.54, 1.807) is 20.4 Å². The van der Waals surface area contributed by atoms with Crippen molar-refractivity contribution in [2.24, 2.45) is 4.99 Å². The third-order valence-corrected chi connectivity index (χ3v) is 3.41. The first-order chi connectivity index (χ1) is 11.8. The van der Waals surface area contributed by atoms with E-state index < -0.39 is 0 Å². The van der Waals surface area contributed by atoms with Crippen molar-refractivity contribution in [2.75, 3.05) is 20.8 Å². The van der Waals surface area contributed by atoms with E-state index in [4.69, 9.17) is 9.47 Å². The van der Waals surface area contributed by atoms with Crippen molar-refractivity contribution in [1.29, 1.82) is 0 Å². The maximum atomic E-state index is 5.27. The molecule has 0 spiro atoms. The molecular formula is C18H25IN4O2. The Morgan fingerprint density at radius 3 is 2.48 bits per heavy atom. The Balaban J connectivity index is 0.00000312. The van der Waals surface area contributed by atoms with E-state index in [0.717, 1.165) is 29.4 Å². The second-order valence-corrected chi connectivity index (χ2v) is 5.07. The number of aromatic nitrogens is 1. The molecule has 0 fully saturated rings. The van der Waals surface area contributed by atoms with Crippen LogP contribution >= 0.6 is 24.0 Å². The third-order valence-electron chi connectivity index (χ3n) is 3.41. The summed E-state index contributed by atoms with van der Waals surface area (Å²) in [6, 6.07) is 11.8. The summed E-state index contributed by atoms with van der Waals surface area (Å²) in [5.41, 5.74) is 2.10. The fraction of sp³-hybridized carbons (Fsp3) is 0.333. The maximum Gasteiger partial charge on any atom is 0.218 e. The minimum atomic E-state index is 0. The number of ether oxygens (including phenoxy) is 2. The average Bonchev–Trinajstić information content (AvgIpc) is 2.64. The summed E-state index contributed by atoms with van der Waals surface area (Å²) < 4.78 is 10.4. The lowest BCUT2D eigenvalue weighted by atomic mass is 10.2. The number of nitrogens with zero attached hydrogens (tertiary/aromatic N) is 2. The molecule has 25 heavy (non-hydrogen) atoms. The molecule has 2 rings (SSSR count). The Kier molecular flexibility index (Phi) is 9.68. The highest BCUT2D eigenvalue weighted by atomic mass is 127. The predicted molar refractivity (Wildman–Crippen MR) is 111 cm³/mol. The second-order valence-electron chi connectivity index (χ2n) is 5.07. The standard InChI is InChI=1S/C18H24N4O2.HI/c1-4-19-18(21-12-14-7-9-16(23-2)10-8-14)22-13-15-6-5-11-20-17(15)24-3;/h5-11H,4,12-13H2,1-3H3,(H2,19,21,22);1H. The third kappa shape index (κ3) is 6.77. The monoisotopic (exact) mass is 456 g/mol. The number of nitrogens with one attached hydrogen (secondary N) is 2. The van der Waals surface area contributed by atoms with Gasteiger partial charge in [0.2, 0.25) is 5.88 Å². The number of methoxy groups -OCH3 is 2. The Bertz CT molecular complexity index is 662. The summed E-state index contributed by atoms with van der Waals surface area (Å²) in [4.78, 5) is 8.80. The van der Waals surface area contributed by atoms with E-state index in [-0.39, 0.29) is 24.0 Å². The fourth-order valence-electron chi connectivity index (χ4n) is 2.16. The van der Waals surface area contributed by atoms with E-state index in [0.29, 0.717) is 19.0 Å². The molecule has 0 unspecified atom stereocenters. The zero-order valence-corrected chi connectivity index (χ0v) is 17.1. The molecule has 0 bridgehead atoms. The van der Waals surface area contributed by atoms with Crippen molar-refractivity contribution < 1.29 is 9.47 Å². The molecule has 1 aromatic carbocycles. The average molecular weight is 456 g/mol. The van der Waals surface area contributed by atoms with Crippen LogP contribution in [0.1, 0.15) is 18.1 Å². The van der Waals surface area contributed by atoms with Crippen molar-refractivity contribution in [3.05, 3.63) is 53.7 Å². The van der Waals surface area contributed by atoms with Crippen LogP contribution in [0.15, 0.2) is 47.6 Å². The van der Waals surface area contributed by atoms with E-state index in [1.165, 1.54) is 0 Å². The van der Waals surface area contributed by atoms with Gasteiger partial charge in [-0.2, -0.15) is 0 Å². The fourth-order valence-corrected chi connectivity index (χ4v) is 2.16. The van der Waals surface area contributed by atoms with Crippen LogP contribution in [0.5, 0.6) is 11.6 Å². The van der Waals surface area contributed by atoms with Crippen molar-refractivity contribution >= 4 is 29.9 Å². The summed E-state index contributed by atoms with van der Waals surface area (Å²) in [5, 5.41) is 6.53. The van der Waals surface area contributed by atoms with Gasteiger partial charge in [0, 0.05) is 24.8 Å². The Morgan fingerprint density at radius 1 is 1.08 bits per heavy atom. The van der Waals surface area contributed by atoms with Crippen molar-refractivity contribution in [3.63, 3.8) is 0 Å². The highest BCUT2D eigenvalue weighted by Gasteiger charge is 2.04. The highest BCUT2D eigenvalue weighted by molar-refractivity contribution is 14.0. The maximum absolute atomic E-state index is 5.27. The van der Waals surface area contributed by atoms with Gasteiger partial charge in [0.25, 0.3) is 0 Å². The van der Waals surface area contributed by atoms with Crippen molar-refractivity contribution in [1.82, 2.24) is 15.6 Å². The van der Waals surface area contributed by atoms with Crippen LogP contribution in [0.4, 0.5) is 0 Å². The van der Waals surface area contributed by atoms with E-state index >= 15 is 0 Å². The van der Waals surface area contributed by atoms with Crippen LogP contribution in [-0.4, -0.2) is 31.7 Å². The summed E-state index contributed by atoms with van der Waals surface area (Å²) in [5.74, 6) is 2.21. The number of benzene rings is 1. The van der Waals surface area contributed by atoms with Gasteiger partial charge < -0.3 is 20.1 Å². The van der Waals surface area contributed by atoms with E-state index in [2.05, 4.69) is 20.6 Å². The molecule has 1 aromatic heterocycles. The first-order valence-electron chi connectivity index (χ1n) is 7.89. The second kappa shape index (κ2) is 11.5. The number of rotatable bonds is 7. The van der Waals surface area contributed by atoms with Gasteiger partial charge in [-0.15, -0.1) is 24.0 Å². The van der Waals surface area contributed by atoms with Gasteiger partial charge in [0.05, 0.1) is 20.8 Å². The minimum absolute atomic E-state index is 0. The number of guanidine groups is 1. The number of pyridine rings is 1. The van der Waals surface area contributed by atoms with Crippen molar-refractivity contribution in [3.8, 4) is 11.6 Å². The normalized spacial score (nSPS) is 10.6. The van der Waals surface area contributed by atoms with Crippen LogP contribution in [-0.2, 0) is 13.1 Å². The van der Waals surface area contributed by atoms with Gasteiger partial charge in [-0.1, -0.05) is 18.2 Å². The molecule has 6 nitrogen and oxygen atoms in total. The van der Waals surface area contributed by atoms with Gasteiger partial charge in [-0.05, 0) is 30.7 Å². The molecule has 136 valence electrons. The van der Waals surface area contributed by atoms with Crippen LogP contribution < -0.4 is 20.1 Å². The summed E-state index contributed by atoms with van der Waals surface area (Å²) in [7, 11) is 3.28. The van der Waals surface area contributed by atoms with Gasteiger partial charge in [-0.3, -0.25) is 0 Å². The Hall–Kier alpha value is -2.03. The molecule has 0 saturated carbocycles. The predicted octanol–water partition coefficient (Wildman–Crippen LogP) is 2.97. The van der Waals surface area contributed by atoms with Gasteiger partial charge >= 0.3 is 0 Å². The van der Waals surface area contributed by atoms with E-state index in [9.17, 15) is 0 Å². The highest BCUT2D eigenvalue weighted by Crippen LogP contribution is 2.13. The molecule has 0 aliphatic heterocycles. The lowest BCUT2D eigenvalue weighted by molar-refractivity contribution is 0.392. The Morgan fingerprint density at radius 2 is 1.84 bits per heavy atom. The Labute approximate surface area is 166 Å². The molecular weight excluding hydrogens is 431 g/mol. The molecule has 0 radical (unpaired) electrons. The number of halogens is 1. The van der Waals surface area contributed by atoms with Crippen LogP contribution in [0.2, 0.25) is 0 Å². The number of hydrogen-bond donors (Lipinski definition) is 2. The quantitative estimate of drug-likeness (QED) is 0.381. The number of aliphatic imine (C=N–C) groups is 1. The molecule has 1 heterocycles. The summed E-state index contributed by atoms with van der Waals surface area (Å²) in [6.07, 6.45) is 1.71. The van der Waals surface area contributed by atoms with Crippen LogP contribution in [0.3, 0.4) is 0 Å². The zero-order valence-electron chi connectivity index (χ0n) is 14.8. The van der Waals surface area contributed by atoms with E-state index in [1.807, 2.05) is 43.3 Å². The largest absolute Gasteiger partial charge is 0.497 e. The smallest absolute Gasteiger partial charge is 0.218 e. The van der Waals surface area contributed by atoms with Gasteiger partial charge in [-0.25, -0.2) is 9.98 Å². The minimum Gasteiger partial charge on any atom is -0.497 e. The first-order valence-corrected chi connectivity index (χ1v) is 7.89. The number of hydrogen-bond acceptors (Lipinski definition) is 4. The summed E-state index contributed by atoms with van der Waals surface area (Å²) >= 11 is 0. The van der Waals surface area contributed by atoms with Gasteiger partial charge in [0.1, 0.15) is 5.75 Å². The molecule has 0 saturated heterocycles. The topological polar surface area (TPSA) is 67.8 Å². The van der Waals surface area contributed by atoms with Crippen molar-refractivity contribution in [2.45, 2.75) is 20.0 Å². The molecule has 0 atom stereocenters. The van der Waals surface area contributed by atoms with Crippen LogP contribution in [0, 0.1) is 0 Å². The lowest BCUT2D eigenvalue weighted by Crippen LogP contribution is -2.36. The molecule has 0 amide bonds. The SMILES string of the molecule is CCNC(=NCc1ccc(OC)cc1)NCc1cccnc1OC.I.